The van der Waals surface area contributed by atoms with Crippen LogP contribution in [0.5, 0.6) is 0 Å². The van der Waals surface area contributed by atoms with Crippen molar-refractivity contribution < 1.29 is 24.0 Å². The Morgan fingerprint density at radius 2 is 1.88 bits per heavy atom. The van der Waals surface area contributed by atoms with Crippen LogP contribution in [0, 0.1) is 21.4 Å². The molecule has 250 valence electrons. The molecule has 13 nitrogen and oxygen atoms in total. The highest BCUT2D eigenvalue weighted by molar-refractivity contribution is 5.85. The van der Waals surface area contributed by atoms with Gasteiger partial charge in [0.05, 0.1) is 36.0 Å². The first-order valence-corrected chi connectivity index (χ1v) is 16.1. The van der Waals surface area contributed by atoms with Crippen molar-refractivity contribution in [2.45, 2.75) is 50.2 Å². The maximum atomic E-state index is 13.7. The Balaban J connectivity index is 1.40. The lowest BCUT2D eigenvalue weighted by Crippen LogP contribution is -2.55. The molecule has 1 unspecified atom stereocenters. The summed E-state index contributed by atoms with van der Waals surface area (Å²) in [5.41, 5.74) is 1.64. The third-order valence-corrected chi connectivity index (χ3v) is 9.22. The van der Waals surface area contributed by atoms with Gasteiger partial charge in [0.2, 0.25) is 5.82 Å². The molecule has 1 saturated heterocycles. The van der Waals surface area contributed by atoms with Gasteiger partial charge in [-0.1, -0.05) is 54.6 Å². The van der Waals surface area contributed by atoms with Crippen molar-refractivity contribution in [2.24, 2.45) is 0 Å². The number of fused-ring (bicyclic) bond motifs is 1. The Labute approximate surface area is 283 Å². The summed E-state index contributed by atoms with van der Waals surface area (Å²) in [7, 11) is 1.32. The van der Waals surface area contributed by atoms with E-state index in [-0.39, 0.29) is 62.1 Å². The van der Waals surface area contributed by atoms with Crippen LogP contribution in [0.2, 0.25) is 0 Å². The first-order valence-electron chi connectivity index (χ1n) is 16.1. The number of pyridine rings is 1. The SMILES string of the molecule is COC(=O)C1(Cc2nc(-c3cccnc3)nc(N3CCN(C(=O)OCc4ccccc4)[C@@H](CC#N)C3)c2[N+](=O)[O-])CCCc2ccccc21. The van der Waals surface area contributed by atoms with E-state index in [9.17, 15) is 25.0 Å². The van der Waals surface area contributed by atoms with Crippen molar-refractivity contribution in [3.63, 3.8) is 0 Å². The molecular formula is C36H35N7O6. The van der Waals surface area contributed by atoms with Gasteiger partial charge in [-0.15, -0.1) is 0 Å². The summed E-state index contributed by atoms with van der Waals surface area (Å²) >= 11 is 0. The van der Waals surface area contributed by atoms with Gasteiger partial charge in [-0.25, -0.2) is 14.8 Å². The molecule has 2 aromatic carbocycles. The zero-order valence-electron chi connectivity index (χ0n) is 27.0. The standard InChI is InChI=1S/C36H35N7O6/c1-48-34(44)36(16-7-12-26-11-5-6-14-29(26)36)21-30-31(43(46)47)33(40-32(39-30)27-13-8-18-38-22-27)41-19-20-42(28(23-41)15-17-37)35(45)49-24-25-9-3-2-4-10-25/h2-6,8-11,13-14,18,22,28H,7,12,15-16,19-21,23-24H2,1H3/t28-,36?/m0/s1. The largest absolute Gasteiger partial charge is 0.468 e. The number of nitriles is 1. The average Bonchev–Trinajstić information content (AvgIpc) is 3.14. The van der Waals surface area contributed by atoms with Gasteiger partial charge in [0.15, 0.2) is 5.82 Å². The van der Waals surface area contributed by atoms with Gasteiger partial charge in [-0.2, -0.15) is 5.26 Å². The first kappa shape index (κ1) is 33.0. The summed E-state index contributed by atoms with van der Waals surface area (Å²) in [5.74, 6) is -0.249. The minimum atomic E-state index is -1.21. The summed E-state index contributed by atoms with van der Waals surface area (Å²) in [5, 5.41) is 22.7. The smallest absolute Gasteiger partial charge is 0.410 e. The van der Waals surface area contributed by atoms with Crippen molar-refractivity contribution in [1.82, 2.24) is 19.9 Å². The zero-order chi connectivity index (χ0) is 34.4. The van der Waals surface area contributed by atoms with E-state index >= 15 is 0 Å². The maximum Gasteiger partial charge on any atom is 0.410 e. The third kappa shape index (κ3) is 6.76. The van der Waals surface area contributed by atoms with Gasteiger partial charge in [-0.05, 0) is 48.1 Å². The van der Waals surface area contributed by atoms with E-state index in [0.717, 1.165) is 23.1 Å². The van der Waals surface area contributed by atoms with Crippen molar-refractivity contribution in [3.8, 4) is 17.5 Å². The van der Waals surface area contributed by atoms with Crippen molar-refractivity contribution in [3.05, 3.63) is 112 Å². The second-order valence-corrected chi connectivity index (χ2v) is 12.1. The second kappa shape index (κ2) is 14.5. The summed E-state index contributed by atoms with van der Waals surface area (Å²) in [4.78, 5) is 56.2. The van der Waals surface area contributed by atoms with E-state index in [1.165, 1.54) is 12.0 Å². The van der Waals surface area contributed by atoms with E-state index in [2.05, 4.69) is 11.1 Å². The molecule has 1 amide bonds. The first-order chi connectivity index (χ1) is 23.8. The number of hydrogen-bond acceptors (Lipinski definition) is 11. The van der Waals surface area contributed by atoms with Gasteiger partial charge >= 0.3 is 17.7 Å². The number of hydrogen-bond donors (Lipinski definition) is 0. The van der Waals surface area contributed by atoms with Crippen molar-refractivity contribution >= 4 is 23.6 Å². The lowest BCUT2D eigenvalue weighted by Gasteiger charge is -2.40. The van der Waals surface area contributed by atoms with Gasteiger partial charge in [0, 0.05) is 44.0 Å². The highest BCUT2D eigenvalue weighted by atomic mass is 16.6. The number of benzene rings is 2. The molecule has 1 aliphatic heterocycles. The summed E-state index contributed by atoms with van der Waals surface area (Å²) in [6.07, 6.45) is 4.35. The van der Waals surface area contributed by atoms with Gasteiger partial charge in [0.1, 0.15) is 12.3 Å². The molecule has 13 heteroatoms. The van der Waals surface area contributed by atoms with Crippen LogP contribution in [0.25, 0.3) is 11.4 Å². The molecular weight excluding hydrogens is 626 g/mol. The molecule has 0 radical (unpaired) electrons. The second-order valence-electron chi connectivity index (χ2n) is 12.1. The topological polar surface area (TPSA) is 165 Å². The van der Waals surface area contributed by atoms with E-state index in [1.54, 1.807) is 29.4 Å². The number of rotatable bonds is 9. The number of aryl methyl sites for hydroxylation is 1. The van der Waals surface area contributed by atoms with Gasteiger partial charge in [-0.3, -0.25) is 19.9 Å². The van der Waals surface area contributed by atoms with Crippen LogP contribution in [-0.4, -0.2) is 69.6 Å². The summed E-state index contributed by atoms with van der Waals surface area (Å²) in [6, 6.07) is 21.8. The van der Waals surface area contributed by atoms with Crippen LogP contribution in [0.15, 0.2) is 79.1 Å². The van der Waals surface area contributed by atoms with Crippen molar-refractivity contribution in [2.75, 3.05) is 31.6 Å². The number of esters is 1. The molecule has 3 heterocycles. The molecule has 2 aliphatic rings. The Hall–Kier alpha value is -5.90. The molecule has 6 rings (SSSR count). The predicted octanol–water partition coefficient (Wildman–Crippen LogP) is 5.18. The number of carbonyl (C=O) groups is 2. The maximum absolute atomic E-state index is 13.7. The molecule has 2 aromatic heterocycles. The number of methoxy groups -OCH3 is 1. The molecule has 0 N–H and O–H groups in total. The Kier molecular flexibility index (Phi) is 9.75. The number of carbonyl (C=O) groups excluding carboxylic acids is 2. The normalized spacial score (nSPS) is 18.6. The number of aromatic nitrogens is 3. The number of anilines is 1. The fraction of sp³-hybridized carbons (Fsp3) is 0.333. The Morgan fingerprint density at radius 1 is 1.08 bits per heavy atom. The molecule has 0 saturated carbocycles. The lowest BCUT2D eigenvalue weighted by molar-refractivity contribution is -0.385. The van der Waals surface area contributed by atoms with Gasteiger partial charge < -0.3 is 19.3 Å². The summed E-state index contributed by atoms with van der Waals surface area (Å²) in [6.45, 7) is 0.470. The molecule has 4 aromatic rings. The van der Waals surface area contributed by atoms with E-state index in [4.69, 9.17) is 19.4 Å². The van der Waals surface area contributed by atoms with E-state index in [0.29, 0.717) is 18.4 Å². The number of piperazine rings is 1. The van der Waals surface area contributed by atoms with Crippen LogP contribution >= 0.6 is 0 Å². The van der Waals surface area contributed by atoms with Crippen LogP contribution in [0.1, 0.15) is 41.6 Å². The number of nitrogens with zero attached hydrogens (tertiary/aromatic N) is 7. The van der Waals surface area contributed by atoms with E-state index in [1.807, 2.05) is 54.6 Å². The fourth-order valence-corrected chi connectivity index (χ4v) is 6.88. The van der Waals surface area contributed by atoms with Crippen LogP contribution in [0.4, 0.5) is 16.3 Å². The molecule has 1 fully saturated rings. The quantitative estimate of drug-likeness (QED) is 0.132. The molecule has 0 bridgehead atoms. The molecule has 0 spiro atoms. The number of nitro groups is 1. The zero-order valence-corrected chi connectivity index (χ0v) is 27.0. The van der Waals surface area contributed by atoms with E-state index < -0.39 is 28.4 Å². The predicted molar refractivity (Wildman–Crippen MR) is 178 cm³/mol. The highest BCUT2D eigenvalue weighted by Crippen LogP contribution is 2.44. The third-order valence-electron chi connectivity index (χ3n) is 9.22. The molecule has 49 heavy (non-hydrogen) atoms. The highest BCUT2D eigenvalue weighted by Gasteiger charge is 2.47. The van der Waals surface area contributed by atoms with Crippen molar-refractivity contribution in [1.29, 1.82) is 5.26 Å². The Morgan fingerprint density at radius 3 is 2.61 bits per heavy atom. The lowest BCUT2D eigenvalue weighted by atomic mass is 9.67. The minimum absolute atomic E-state index is 0.0274. The Bertz CT molecular complexity index is 1880. The molecule has 2 atom stereocenters. The average molecular weight is 662 g/mol. The monoisotopic (exact) mass is 661 g/mol. The van der Waals surface area contributed by atoms with Crippen LogP contribution in [-0.2, 0) is 39.1 Å². The fourth-order valence-electron chi connectivity index (χ4n) is 6.88. The van der Waals surface area contributed by atoms with Gasteiger partial charge in [0.25, 0.3) is 0 Å². The van der Waals surface area contributed by atoms with Crippen LogP contribution in [0.3, 0.4) is 0 Å². The minimum Gasteiger partial charge on any atom is -0.468 e. The number of amides is 1. The number of ether oxygens (including phenoxy) is 2. The molecule has 1 aliphatic carbocycles. The van der Waals surface area contributed by atoms with Crippen LogP contribution < -0.4 is 4.90 Å². The summed E-state index contributed by atoms with van der Waals surface area (Å²) < 4.78 is 10.9.